The minimum absolute atomic E-state index is 0.00180. The maximum absolute atomic E-state index is 14.0. The number of benzene rings is 1. The molecule has 5 heterocycles. The lowest BCUT2D eigenvalue weighted by molar-refractivity contribution is 0.313. The van der Waals surface area contributed by atoms with Gasteiger partial charge in [-0.05, 0) is 75.4 Å². The van der Waals surface area contributed by atoms with E-state index in [4.69, 9.17) is 4.98 Å². The first-order valence-electron chi connectivity index (χ1n) is 15.9. The summed E-state index contributed by atoms with van der Waals surface area (Å²) >= 11 is 0. The topological polar surface area (TPSA) is 126 Å². The number of sulfonamides is 1. The highest BCUT2D eigenvalue weighted by Gasteiger charge is 2.24. The highest BCUT2D eigenvalue weighted by Crippen LogP contribution is 2.23. The Morgan fingerprint density at radius 2 is 1.74 bits per heavy atom. The van der Waals surface area contributed by atoms with Crippen LogP contribution in [0.15, 0.2) is 53.7 Å². The van der Waals surface area contributed by atoms with Crippen molar-refractivity contribution >= 4 is 32.7 Å². The third-order valence-corrected chi connectivity index (χ3v) is 10.2. The molecule has 1 aromatic carbocycles. The van der Waals surface area contributed by atoms with E-state index in [1.165, 1.54) is 22.5 Å². The summed E-state index contributed by atoms with van der Waals surface area (Å²) in [6, 6.07) is 10.1. The SMILES string of the molecule is CCc1nccnc1Cn1c(=O)c(C#CC2CCN(S(C)(=O)=O)CC2)cc2cnc(Nc3ccc(CC4CCN(C)C4)cc3)nc21. The van der Waals surface area contributed by atoms with Crippen LogP contribution in [0.3, 0.4) is 0 Å². The van der Waals surface area contributed by atoms with Gasteiger partial charge in [-0.1, -0.05) is 30.9 Å². The van der Waals surface area contributed by atoms with Crippen molar-refractivity contribution < 1.29 is 8.42 Å². The van der Waals surface area contributed by atoms with Crippen LogP contribution in [-0.4, -0.2) is 81.6 Å². The summed E-state index contributed by atoms with van der Waals surface area (Å²) in [5.41, 5.74) is 4.24. The summed E-state index contributed by atoms with van der Waals surface area (Å²) in [5, 5.41) is 3.99. The van der Waals surface area contributed by atoms with Crippen LogP contribution in [0.25, 0.3) is 11.0 Å². The molecule has 6 rings (SSSR count). The Morgan fingerprint density at radius 3 is 2.41 bits per heavy atom. The van der Waals surface area contributed by atoms with Crippen molar-refractivity contribution in [1.29, 1.82) is 0 Å². The average Bonchev–Trinajstić information content (AvgIpc) is 3.46. The highest BCUT2D eigenvalue weighted by molar-refractivity contribution is 7.88. The van der Waals surface area contributed by atoms with Gasteiger partial charge in [0.2, 0.25) is 16.0 Å². The molecule has 2 fully saturated rings. The molecule has 0 amide bonds. The van der Waals surface area contributed by atoms with Crippen molar-refractivity contribution in [2.24, 2.45) is 11.8 Å². The van der Waals surface area contributed by atoms with Gasteiger partial charge < -0.3 is 10.2 Å². The van der Waals surface area contributed by atoms with Gasteiger partial charge >= 0.3 is 0 Å². The summed E-state index contributed by atoms with van der Waals surface area (Å²) in [7, 11) is -1.04. The molecule has 0 bridgehead atoms. The fraction of sp³-hybridized carbons (Fsp3) is 0.441. The van der Waals surface area contributed by atoms with Gasteiger partial charge in [-0.2, -0.15) is 4.98 Å². The molecule has 0 spiro atoms. The lowest BCUT2D eigenvalue weighted by atomic mass is 9.98. The molecule has 4 aromatic rings. The first kappa shape index (κ1) is 31.8. The van der Waals surface area contributed by atoms with E-state index < -0.39 is 10.0 Å². The van der Waals surface area contributed by atoms with Crippen LogP contribution in [0.1, 0.15) is 48.7 Å². The molecule has 0 saturated carbocycles. The summed E-state index contributed by atoms with van der Waals surface area (Å²) in [6.45, 7) is 5.35. The van der Waals surface area contributed by atoms with E-state index in [1.54, 1.807) is 29.2 Å². The zero-order valence-electron chi connectivity index (χ0n) is 26.6. The van der Waals surface area contributed by atoms with Crippen molar-refractivity contribution in [3.63, 3.8) is 0 Å². The standard InChI is InChI=1S/C34H40N8O3S/c1-4-30-31(36-15-14-35-30)23-42-32-28(20-27(33(42)43)8-5-24-12-17-41(18-13-24)46(3,44)45)21-37-34(39-32)38-29-9-6-25(7-10-29)19-26-11-16-40(2)22-26/h6-7,9-10,14-15,20-21,24,26H,4,11-13,16-19,22-23H2,1-3H3,(H,37,38,39). The quantitative estimate of drug-likeness (QED) is 0.288. The summed E-state index contributed by atoms with van der Waals surface area (Å²) in [6.07, 6.45) is 10.4. The van der Waals surface area contributed by atoms with Gasteiger partial charge in [-0.3, -0.25) is 19.3 Å². The average molecular weight is 641 g/mol. The maximum atomic E-state index is 14.0. The molecule has 2 aliphatic heterocycles. The Kier molecular flexibility index (Phi) is 9.44. The molecule has 1 N–H and O–H groups in total. The van der Waals surface area contributed by atoms with Crippen molar-refractivity contribution in [1.82, 2.24) is 33.7 Å². The van der Waals surface area contributed by atoms with Crippen LogP contribution in [-0.2, 0) is 29.4 Å². The van der Waals surface area contributed by atoms with Gasteiger partial charge in [0, 0.05) is 55.2 Å². The van der Waals surface area contributed by atoms with Gasteiger partial charge in [-0.15, -0.1) is 0 Å². The maximum Gasteiger partial charge on any atom is 0.268 e. The van der Waals surface area contributed by atoms with E-state index in [1.807, 2.05) is 19.1 Å². The number of aryl methyl sites for hydroxylation is 1. The number of aromatic nitrogens is 5. The zero-order valence-corrected chi connectivity index (χ0v) is 27.4. The third kappa shape index (κ3) is 7.44. The summed E-state index contributed by atoms with van der Waals surface area (Å²) < 4.78 is 26.9. The highest BCUT2D eigenvalue weighted by atomic mass is 32.2. The second kappa shape index (κ2) is 13.7. The predicted molar refractivity (Wildman–Crippen MR) is 179 cm³/mol. The van der Waals surface area contributed by atoms with E-state index in [2.05, 4.69) is 56.2 Å². The van der Waals surface area contributed by atoms with E-state index in [-0.39, 0.29) is 18.0 Å². The molecular formula is C34H40N8O3S. The van der Waals surface area contributed by atoms with Crippen LogP contribution in [0.4, 0.5) is 11.6 Å². The number of nitrogens with one attached hydrogen (secondary N) is 1. The molecular weight excluding hydrogens is 600 g/mol. The molecule has 3 aromatic heterocycles. The van der Waals surface area contributed by atoms with Crippen LogP contribution >= 0.6 is 0 Å². The van der Waals surface area contributed by atoms with Crippen molar-refractivity contribution in [2.75, 3.05) is 44.8 Å². The van der Waals surface area contributed by atoms with Crippen molar-refractivity contribution in [3.8, 4) is 11.8 Å². The Morgan fingerprint density at radius 1 is 1.00 bits per heavy atom. The molecule has 240 valence electrons. The Hall–Kier alpha value is -4.18. The summed E-state index contributed by atoms with van der Waals surface area (Å²) in [5.74, 6) is 7.42. The number of hydrogen-bond donors (Lipinski definition) is 1. The lowest BCUT2D eigenvalue weighted by Crippen LogP contribution is -2.37. The second-order valence-electron chi connectivity index (χ2n) is 12.4. The number of likely N-dealkylation sites (tertiary alicyclic amines) is 1. The third-order valence-electron chi connectivity index (χ3n) is 8.89. The molecule has 0 aliphatic carbocycles. The van der Waals surface area contributed by atoms with E-state index >= 15 is 0 Å². The Bertz CT molecular complexity index is 1940. The number of fused-ring (bicyclic) bond motifs is 1. The predicted octanol–water partition coefficient (Wildman–Crippen LogP) is 3.45. The molecule has 2 aliphatic rings. The van der Waals surface area contributed by atoms with Gasteiger partial charge in [0.1, 0.15) is 5.65 Å². The van der Waals surface area contributed by atoms with Crippen molar-refractivity contribution in [2.45, 2.75) is 45.6 Å². The minimum atomic E-state index is -3.22. The van der Waals surface area contributed by atoms with E-state index in [9.17, 15) is 13.2 Å². The van der Waals surface area contributed by atoms with Gasteiger partial charge in [0.25, 0.3) is 5.56 Å². The molecule has 0 radical (unpaired) electrons. The largest absolute Gasteiger partial charge is 0.324 e. The first-order valence-corrected chi connectivity index (χ1v) is 17.7. The number of hydrogen-bond acceptors (Lipinski definition) is 9. The van der Waals surface area contributed by atoms with Crippen LogP contribution in [0.5, 0.6) is 0 Å². The van der Waals surface area contributed by atoms with Gasteiger partial charge in [0.05, 0.1) is 29.8 Å². The molecule has 46 heavy (non-hydrogen) atoms. The zero-order chi connectivity index (χ0) is 32.3. The second-order valence-corrected chi connectivity index (χ2v) is 14.4. The Labute approximate surface area is 270 Å². The van der Waals surface area contributed by atoms with Crippen LogP contribution < -0.4 is 10.9 Å². The number of nitrogens with zero attached hydrogens (tertiary/aromatic N) is 7. The molecule has 1 unspecified atom stereocenters. The van der Waals surface area contributed by atoms with Crippen molar-refractivity contribution in [3.05, 3.63) is 81.8 Å². The van der Waals surface area contributed by atoms with Crippen LogP contribution in [0.2, 0.25) is 0 Å². The molecule has 2 saturated heterocycles. The molecule has 1 atom stereocenters. The molecule has 12 heteroatoms. The fourth-order valence-electron chi connectivity index (χ4n) is 6.32. The van der Waals surface area contributed by atoms with Gasteiger partial charge in [0.15, 0.2) is 0 Å². The van der Waals surface area contributed by atoms with E-state index in [0.29, 0.717) is 66.5 Å². The number of piperidine rings is 1. The Balaban J connectivity index is 1.29. The first-order chi connectivity index (χ1) is 22.2. The number of pyridine rings is 1. The van der Waals surface area contributed by atoms with Crippen LogP contribution in [0, 0.1) is 23.7 Å². The number of rotatable bonds is 8. The lowest BCUT2D eigenvalue weighted by Gasteiger charge is -2.27. The van der Waals surface area contributed by atoms with E-state index in [0.717, 1.165) is 30.9 Å². The normalized spacial score (nSPS) is 18.0. The monoisotopic (exact) mass is 640 g/mol. The summed E-state index contributed by atoms with van der Waals surface area (Å²) in [4.78, 5) is 34.7. The fourth-order valence-corrected chi connectivity index (χ4v) is 7.19. The number of anilines is 2. The minimum Gasteiger partial charge on any atom is -0.324 e. The molecule has 11 nitrogen and oxygen atoms in total. The van der Waals surface area contributed by atoms with Gasteiger partial charge in [-0.25, -0.2) is 17.7 Å². The smallest absolute Gasteiger partial charge is 0.268 e.